The molecule has 0 spiro atoms. The SMILES string of the molecule is CC1(Nc2nc(N)ncc2Br)CCS(=O)(=O)C1. The molecule has 0 radical (unpaired) electrons. The Morgan fingerprint density at radius 1 is 1.59 bits per heavy atom. The lowest BCUT2D eigenvalue weighted by Gasteiger charge is -2.25. The Morgan fingerprint density at radius 2 is 2.29 bits per heavy atom. The van der Waals surface area contributed by atoms with Crippen LogP contribution in [0.1, 0.15) is 13.3 Å². The van der Waals surface area contributed by atoms with Gasteiger partial charge in [0.05, 0.1) is 21.5 Å². The Hall–Kier alpha value is -0.890. The highest BCUT2D eigenvalue weighted by atomic mass is 79.9. The number of sulfone groups is 1. The second kappa shape index (κ2) is 4.09. The molecule has 1 fully saturated rings. The lowest BCUT2D eigenvalue weighted by Crippen LogP contribution is -2.36. The number of nitrogens with zero attached hydrogens (tertiary/aromatic N) is 2. The molecule has 94 valence electrons. The van der Waals surface area contributed by atoms with Crippen molar-refractivity contribution in [2.75, 3.05) is 22.6 Å². The Bertz CT molecular complexity index is 548. The van der Waals surface area contributed by atoms with Crippen molar-refractivity contribution >= 4 is 37.5 Å². The summed E-state index contributed by atoms with van der Waals surface area (Å²) >= 11 is 3.30. The fourth-order valence-electron chi connectivity index (χ4n) is 1.86. The van der Waals surface area contributed by atoms with Gasteiger partial charge in [-0.15, -0.1) is 0 Å². The predicted molar refractivity (Wildman–Crippen MR) is 69.4 cm³/mol. The van der Waals surface area contributed by atoms with Gasteiger partial charge in [-0.2, -0.15) is 4.98 Å². The zero-order valence-corrected chi connectivity index (χ0v) is 11.7. The average Bonchev–Trinajstić information content (AvgIpc) is 2.47. The summed E-state index contributed by atoms with van der Waals surface area (Å²) in [6.07, 6.45) is 2.10. The predicted octanol–water partition coefficient (Wildman–Crippen LogP) is 0.810. The molecule has 8 heteroatoms. The molecule has 0 bridgehead atoms. The van der Waals surface area contributed by atoms with E-state index in [1.54, 1.807) is 0 Å². The second-order valence-electron chi connectivity index (χ2n) is 4.45. The lowest BCUT2D eigenvalue weighted by atomic mass is 10.0. The number of aromatic nitrogens is 2. The summed E-state index contributed by atoms with van der Waals surface area (Å²) in [6, 6.07) is 0. The van der Waals surface area contributed by atoms with Crippen molar-refractivity contribution in [1.82, 2.24) is 9.97 Å². The van der Waals surface area contributed by atoms with Crippen molar-refractivity contribution in [3.8, 4) is 0 Å². The molecule has 17 heavy (non-hydrogen) atoms. The quantitative estimate of drug-likeness (QED) is 0.836. The van der Waals surface area contributed by atoms with E-state index in [4.69, 9.17) is 5.73 Å². The van der Waals surface area contributed by atoms with E-state index < -0.39 is 15.4 Å². The van der Waals surface area contributed by atoms with Gasteiger partial charge >= 0.3 is 0 Å². The van der Waals surface area contributed by atoms with E-state index in [0.29, 0.717) is 16.7 Å². The first-order chi connectivity index (χ1) is 7.80. The van der Waals surface area contributed by atoms with E-state index in [1.165, 1.54) is 6.20 Å². The van der Waals surface area contributed by atoms with Gasteiger partial charge in [-0.05, 0) is 29.3 Å². The first-order valence-electron chi connectivity index (χ1n) is 5.06. The van der Waals surface area contributed by atoms with Crippen LogP contribution in [0.3, 0.4) is 0 Å². The van der Waals surface area contributed by atoms with Crippen LogP contribution in [0.2, 0.25) is 0 Å². The van der Waals surface area contributed by atoms with Gasteiger partial charge in [0, 0.05) is 6.20 Å². The van der Waals surface area contributed by atoms with Crippen molar-refractivity contribution in [3.63, 3.8) is 0 Å². The molecule has 1 atom stereocenters. The Morgan fingerprint density at radius 3 is 2.88 bits per heavy atom. The minimum absolute atomic E-state index is 0.107. The zero-order valence-electron chi connectivity index (χ0n) is 9.27. The summed E-state index contributed by atoms with van der Waals surface area (Å²) in [5.41, 5.74) is 5.00. The maximum absolute atomic E-state index is 11.5. The van der Waals surface area contributed by atoms with Crippen molar-refractivity contribution in [2.45, 2.75) is 18.9 Å². The summed E-state index contributed by atoms with van der Waals surface area (Å²) in [5.74, 6) is 0.989. The third-order valence-electron chi connectivity index (χ3n) is 2.69. The van der Waals surface area contributed by atoms with Crippen LogP contribution in [0.5, 0.6) is 0 Å². The number of rotatable bonds is 2. The molecule has 2 rings (SSSR count). The highest BCUT2D eigenvalue weighted by molar-refractivity contribution is 9.10. The van der Waals surface area contributed by atoms with Gasteiger partial charge in [0.25, 0.3) is 0 Å². The van der Waals surface area contributed by atoms with Crippen LogP contribution < -0.4 is 11.1 Å². The molecule has 2 heterocycles. The minimum Gasteiger partial charge on any atom is -0.368 e. The van der Waals surface area contributed by atoms with E-state index >= 15 is 0 Å². The number of nitrogens with two attached hydrogens (primary N) is 1. The van der Waals surface area contributed by atoms with E-state index in [9.17, 15) is 8.42 Å². The highest BCUT2D eigenvalue weighted by Gasteiger charge is 2.38. The first-order valence-corrected chi connectivity index (χ1v) is 7.68. The molecule has 6 nitrogen and oxygen atoms in total. The van der Waals surface area contributed by atoms with Gasteiger partial charge in [-0.3, -0.25) is 0 Å². The summed E-state index contributed by atoms with van der Waals surface area (Å²) in [7, 11) is -2.95. The van der Waals surface area contributed by atoms with Gasteiger partial charge in [-0.25, -0.2) is 13.4 Å². The summed E-state index contributed by atoms with van der Waals surface area (Å²) in [4.78, 5) is 7.87. The van der Waals surface area contributed by atoms with Crippen LogP contribution in [0.15, 0.2) is 10.7 Å². The topological polar surface area (TPSA) is 98.0 Å². The maximum atomic E-state index is 11.5. The van der Waals surface area contributed by atoms with E-state index in [1.807, 2.05) is 6.92 Å². The van der Waals surface area contributed by atoms with Crippen LogP contribution in [0.4, 0.5) is 11.8 Å². The van der Waals surface area contributed by atoms with Crippen LogP contribution in [0.25, 0.3) is 0 Å². The van der Waals surface area contributed by atoms with E-state index in [-0.39, 0.29) is 17.5 Å². The Balaban J connectivity index is 2.24. The van der Waals surface area contributed by atoms with E-state index in [0.717, 1.165) is 0 Å². The van der Waals surface area contributed by atoms with Crippen molar-refractivity contribution in [1.29, 1.82) is 0 Å². The molecule has 0 aromatic carbocycles. The molecular formula is C9H13BrN4O2S. The number of halogens is 1. The molecular weight excluding hydrogens is 308 g/mol. The van der Waals surface area contributed by atoms with Crippen molar-refractivity contribution < 1.29 is 8.42 Å². The fourth-order valence-corrected chi connectivity index (χ4v) is 4.25. The normalized spacial score (nSPS) is 26.9. The van der Waals surface area contributed by atoms with Crippen LogP contribution in [0, 0.1) is 0 Å². The van der Waals surface area contributed by atoms with Gasteiger partial charge in [0.15, 0.2) is 9.84 Å². The number of nitrogen functional groups attached to an aromatic ring is 1. The summed E-state index contributed by atoms with van der Waals surface area (Å²) in [6.45, 7) is 1.86. The maximum Gasteiger partial charge on any atom is 0.221 e. The average molecular weight is 321 g/mol. The third kappa shape index (κ3) is 2.86. The summed E-state index contributed by atoms with van der Waals surface area (Å²) in [5, 5.41) is 3.12. The van der Waals surface area contributed by atoms with Crippen LogP contribution >= 0.6 is 15.9 Å². The number of anilines is 2. The molecule has 0 amide bonds. The van der Waals surface area contributed by atoms with E-state index in [2.05, 4.69) is 31.2 Å². The number of hydrogen-bond acceptors (Lipinski definition) is 6. The molecule has 0 aliphatic carbocycles. The molecule has 1 aliphatic rings. The van der Waals surface area contributed by atoms with Crippen molar-refractivity contribution in [3.05, 3.63) is 10.7 Å². The molecule has 1 saturated heterocycles. The summed E-state index contributed by atoms with van der Waals surface area (Å²) < 4.78 is 23.6. The van der Waals surface area contributed by atoms with Crippen molar-refractivity contribution in [2.24, 2.45) is 0 Å². The smallest absolute Gasteiger partial charge is 0.221 e. The molecule has 3 N–H and O–H groups in total. The standard InChI is InChI=1S/C9H13BrN4O2S/c1-9(2-3-17(15,16)5-9)14-7-6(10)4-12-8(11)13-7/h4H,2-3,5H2,1H3,(H3,11,12,13,14). The number of nitrogens with one attached hydrogen (secondary N) is 1. The molecule has 1 aromatic rings. The van der Waals surface area contributed by atoms with Crippen LogP contribution in [-0.2, 0) is 9.84 Å². The molecule has 1 aromatic heterocycles. The van der Waals surface area contributed by atoms with Gasteiger partial charge in [0.1, 0.15) is 5.82 Å². The van der Waals surface area contributed by atoms with Gasteiger partial charge in [0.2, 0.25) is 5.95 Å². The fraction of sp³-hybridized carbons (Fsp3) is 0.556. The molecule has 1 aliphatic heterocycles. The molecule has 1 unspecified atom stereocenters. The minimum atomic E-state index is -2.95. The van der Waals surface area contributed by atoms with Gasteiger partial charge in [-0.1, -0.05) is 0 Å². The zero-order chi connectivity index (χ0) is 12.7. The Labute approximate surface area is 108 Å². The number of hydrogen-bond donors (Lipinski definition) is 2. The first kappa shape index (κ1) is 12.6. The van der Waals surface area contributed by atoms with Crippen LogP contribution in [-0.4, -0.2) is 35.4 Å². The lowest BCUT2D eigenvalue weighted by molar-refractivity contribution is 0.571. The monoisotopic (exact) mass is 320 g/mol. The molecule has 0 saturated carbocycles. The second-order valence-corrected chi connectivity index (χ2v) is 7.49. The highest BCUT2D eigenvalue weighted by Crippen LogP contribution is 2.29. The van der Waals surface area contributed by atoms with Gasteiger partial charge < -0.3 is 11.1 Å². The third-order valence-corrected chi connectivity index (χ3v) is 5.17. The largest absolute Gasteiger partial charge is 0.368 e. The Kier molecular flexibility index (Phi) is 3.03.